The number of rotatable bonds is 5. The molecule has 148 valence electrons. The van der Waals surface area contributed by atoms with Gasteiger partial charge in [-0.3, -0.25) is 14.4 Å². The highest BCUT2D eigenvalue weighted by molar-refractivity contribution is 5.96. The molecule has 1 aliphatic heterocycles. The summed E-state index contributed by atoms with van der Waals surface area (Å²) in [5.41, 5.74) is -0.634. The third kappa shape index (κ3) is 6.76. The van der Waals surface area contributed by atoms with Crippen molar-refractivity contribution in [1.29, 1.82) is 0 Å². The maximum atomic E-state index is 12.7. The average Bonchev–Trinajstić information content (AvgIpc) is 2.56. The summed E-state index contributed by atoms with van der Waals surface area (Å²) < 4.78 is 5.22. The van der Waals surface area contributed by atoms with Crippen molar-refractivity contribution in [3.05, 3.63) is 28.7 Å². The van der Waals surface area contributed by atoms with Gasteiger partial charge in [0.2, 0.25) is 17.4 Å². The van der Waals surface area contributed by atoms with E-state index in [9.17, 15) is 19.2 Å². The molecule has 3 amide bonds. The van der Waals surface area contributed by atoms with E-state index in [-0.39, 0.29) is 23.8 Å². The highest BCUT2D eigenvalue weighted by atomic mass is 16.6. The van der Waals surface area contributed by atoms with E-state index in [2.05, 4.69) is 20.9 Å². The fourth-order valence-corrected chi connectivity index (χ4v) is 2.74. The number of alkyl carbamates (subject to hydrolysis) is 1. The molecule has 1 aliphatic rings. The summed E-state index contributed by atoms with van der Waals surface area (Å²) in [6, 6.07) is 1.77. The highest BCUT2D eigenvalue weighted by Crippen LogP contribution is 2.19. The van der Waals surface area contributed by atoms with Crippen LogP contribution in [0.15, 0.2) is 23.1 Å². The Balaban J connectivity index is 2.10. The van der Waals surface area contributed by atoms with Crippen LogP contribution in [0.25, 0.3) is 0 Å². The summed E-state index contributed by atoms with van der Waals surface area (Å²) in [6.07, 6.45) is 2.24. The molecule has 0 saturated carbocycles. The summed E-state index contributed by atoms with van der Waals surface area (Å²) >= 11 is 0. The molecule has 9 nitrogen and oxygen atoms in total. The lowest BCUT2D eigenvalue weighted by molar-refractivity contribution is -0.127. The van der Waals surface area contributed by atoms with E-state index in [1.165, 1.54) is 18.3 Å². The van der Waals surface area contributed by atoms with Crippen LogP contribution >= 0.6 is 0 Å². The molecular formula is C18H26N4O5. The molecule has 9 heteroatoms. The molecule has 0 aliphatic carbocycles. The zero-order chi connectivity index (χ0) is 20.0. The second-order valence-electron chi connectivity index (χ2n) is 7.50. The molecule has 27 heavy (non-hydrogen) atoms. The van der Waals surface area contributed by atoms with Crippen LogP contribution in [0.3, 0.4) is 0 Å². The van der Waals surface area contributed by atoms with E-state index in [4.69, 9.17) is 4.74 Å². The lowest BCUT2D eigenvalue weighted by atomic mass is 9.91. The first-order chi connectivity index (χ1) is 12.6. The Labute approximate surface area is 157 Å². The number of aromatic nitrogens is 1. The normalized spacial score (nSPS) is 18.2. The fraction of sp³-hybridized carbons (Fsp3) is 0.556. The van der Waals surface area contributed by atoms with Crippen molar-refractivity contribution in [3.8, 4) is 0 Å². The number of ether oxygens (including phenoxy) is 1. The smallest absolute Gasteiger partial charge is 0.408 e. The van der Waals surface area contributed by atoms with Crippen molar-refractivity contribution in [3.63, 3.8) is 0 Å². The fourth-order valence-electron chi connectivity index (χ4n) is 2.74. The van der Waals surface area contributed by atoms with Crippen LogP contribution in [0.4, 0.5) is 10.5 Å². The van der Waals surface area contributed by atoms with Gasteiger partial charge in [-0.2, -0.15) is 0 Å². The number of H-pyrrole nitrogens is 1. The first-order valence-electron chi connectivity index (χ1n) is 8.91. The molecule has 1 saturated heterocycles. The molecule has 4 N–H and O–H groups in total. The lowest BCUT2D eigenvalue weighted by Gasteiger charge is -2.27. The highest BCUT2D eigenvalue weighted by Gasteiger charge is 2.31. The van der Waals surface area contributed by atoms with Crippen LogP contribution in [0.1, 0.15) is 40.0 Å². The van der Waals surface area contributed by atoms with Gasteiger partial charge < -0.3 is 25.7 Å². The summed E-state index contributed by atoms with van der Waals surface area (Å²) in [7, 11) is 0. The van der Waals surface area contributed by atoms with Gasteiger partial charge in [0.15, 0.2) is 0 Å². The van der Waals surface area contributed by atoms with Gasteiger partial charge in [-0.1, -0.05) is 0 Å². The maximum Gasteiger partial charge on any atom is 0.408 e. The van der Waals surface area contributed by atoms with Crippen molar-refractivity contribution in [2.45, 2.75) is 51.7 Å². The first-order valence-corrected chi connectivity index (χ1v) is 8.91. The Morgan fingerprint density at radius 2 is 2.04 bits per heavy atom. The monoisotopic (exact) mass is 378 g/mol. The number of carbonyl (C=O) groups excluding carboxylic acids is 3. The van der Waals surface area contributed by atoms with Crippen molar-refractivity contribution in [2.24, 2.45) is 5.92 Å². The Bertz CT molecular complexity index is 732. The lowest BCUT2D eigenvalue weighted by Crippen LogP contribution is -2.49. The molecule has 0 radical (unpaired) electrons. The van der Waals surface area contributed by atoms with E-state index in [1.54, 1.807) is 20.8 Å². The molecular weight excluding hydrogens is 352 g/mol. The summed E-state index contributed by atoms with van der Waals surface area (Å²) in [6.45, 7) is 5.77. The number of piperidine rings is 1. The van der Waals surface area contributed by atoms with Gasteiger partial charge in [0.05, 0.1) is 5.69 Å². The molecule has 0 spiro atoms. The topological polar surface area (TPSA) is 129 Å². The van der Waals surface area contributed by atoms with E-state index in [0.29, 0.717) is 18.7 Å². The molecule has 0 aromatic carbocycles. The van der Waals surface area contributed by atoms with Gasteiger partial charge in [-0.15, -0.1) is 0 Å². The Hall–Kier alpha value is -2.84. The zero-order valence-electron chi connectivity index (χ0n) is 15.8. The minimum absolute atomic E-state index is 0.130. The van der Waals surface area contributed by atoms with E-state index in [0.717, 1.165) is 6.42 Å². The number of hydrogen-bond acceptors (Lipinski definition) is 5. The zero-order valence-corrected chi connectivity index (χ0v) is 15.8. The van der Waals surface area contributed by atoms with Crippen molar-refractivity contribution in [2.75, 3.05) is 11.9 Å². The van der Waals surface area contributed by atoms with Crippen LogP contribution < -0.4 is 21.5 Å². The summed E-state index contributed by atoms with van der Waals surface area (Å²) in [4.78, 5) is 50.4. The third-order valence-corrected chi connectivity index (χ3v) is 3.98. The maximum absolute atomic E-state index is 12.7. The van der Waals surface area contributed by atoms with Gasteiger partial charge in [0.1, 0.15) is 11.6 Å². The molecule has 2 atom stereocenters. The van der Waals surface area contributed by atoms with Crippen molar-refractivity contribution in [1.82, 2.24) is 15.6 Å². The van der Waals surface area contributed by atoms with Gasteiger partial charge in [0, 0.05) is 24.7 Å². The number of hydrogen-bond donors (Lipinski definition) is 4. The molecule has 1 aromatic rings. The number of anilines is 1. The Morgan fingerprint density at radius 3 is 2.63 bits per heavy atom. The number of pyridine rings is 1. The van der Waals surface area contributed by atoms with E-state index >= 15 is 0 Å². The van der Waals surface area contributed by atoms with Crippen LogP contribution in [-0.2, 0) is 14.3 Å². The second-order valence-corrected chi connectivity index (χ2v) is 7.50. The number of amides is 3. The van der Waals surface area contributed by atoms with Gasteiger partial charge in [-0.25, -0.2) is 4.79 Å². The standard InChI is InChI=1S/C18H26N4O5/c1-18(2,3)27-17(26)22-13(9-11-5-4-8-19-15(11)24)16(25)21-12-6-7-14(23)20-10-12/h6-7,10-11,13H,4-5,8-9H2,1-3H3,(H,19,24)(H,20,23)(H,21,25)(H,22,26). The third-order valence-electron chi connectivity index (χ3n) is 3.98. The average molecular weight is 378 g/mol. The molecule has 2 rings (SSSR count). The molecule has 1 aromatic heterocycles. The van der Waals surface area contributed by atoms with Crippen LogP contribution in [0.2, 0.25) is 0 Å². The minimum atomic E-state index is -0.958. The summed E-state index contributed by atoms with van der Waals surface area (Å²) in [5, 5.41) is 7.95. The molecule has 0 bridgehead atoms. The van der Waals surface area contributed by atoms with E-state index in [1.807, 2.05) is 0 Å². The first kappa shape index (κ1) is 20.5. The van der Waals surface area contributed by atoms with Gasteiger partial charge in [-0.05, 0) is 46.1 Å². The second kappa shape index (κ2) is 8.70. The Morgan fingerprint density at radius 1 is 1.30 bits per heavy atom. The van der Waals surface area contributed by atoms with Crippen molar-refractivity contribution >= 4 is 23.6 Å². The van der Waals surface area contributed by atoms with Gasteiger partial charge in [0.25, 0.3) is 0 Å². The predicted molar refractivity (Wildman–Crippen MR) is 99.2 cm³/mol. The van der Waals surface area contributed by atoms with Gasteiger partial charge >= 0.3 is 6.09 Å². The summed E-state index contributed by atoms with van der Waals surface area (Å²) in [5.74, 6) is -1.000. The van der Waals surface area contributed by atoms with Crippen molar-refractivity contribution < 1.29 is 19.1 Å². The predicted octanol–water partition coefficient (Wildman–Crippen LogP) is 1.12. The minimum Gasteiger partial charge on any atom is -0.444 e. The van der Waals surface area contributed by atoms with Crippen LogP contribution in [0, 0.1) is 5.92 Å². The SMILES string of the molecule is CC(C)(C)OC(=O)NC(CC1CCCNC1=O)C(=O)Nc1ccc(=O)[nH]c1. The Kier molecular flexibility index (Phi) is 6.59. The molecule has 2 unspecified atom stereocenters. The number of carbonyl (C=O) groups is 3. The number of nitrogens with one attached hydrogen (secondary N) is 4. The quantitative estimate of drug-likeness (QED) is 0.610. The van der Waals surface area contributed by atoms with Crippen LogP contribution in [0.5, 0.6) is 0 Å². The van der Waals surface area contributed by atoms with Crippen LogP contribution in [-0.4, -0.2) is 41.1 Å². The molecule has 2 heterocycles. The van der Waals surface area contributed by atoms with E-state index < -0.39 is 23.6 Å². The largest absolute Gasteiger partial charge is 0.444 e. The number of aromatic amines is 1. The molecule has 1 fully saturated rings.